The van der Waals surface area contributed by atoms with Crippen LogP contribution in [0.4, 0.5) is 0 Å². The Hall–Kier alpha value is -1.23. The Labute approximate surface area is 133 Å². The monoisotopic (exact) mass is 325 g/mol. The topological polar surface area (TPSA) is 50.1 Å². The average Bonchev–Trinajstić information content (AvgIpc) is 2.84. The Morgan fingerprint density at radius 1 is 1.43 bits per heavy atom. The van der Waals surface area contributed by atoms with Gasteiger partial charge in [-0.25, -0.2) is 0 Å². The first-order chi connectivity index (χ1) is 10.1. The normalized spacial score (nSPS) is 17.8. The number of benzene rings is 1. The van der Waals surface area contributed by atoms with Crippen molar-refractivity contribution < 1.29 is 5.11 Å². The van der Waals surface area contributed by atoms with Crippen molar-refractivity contribution >= 4 is 23.2 Å². The van der Waals surface area contributed by atoms with Crippen molar-refractivity contribution in [2.24, 2.45) is 7.05 Å². The number of aromatic nitrogens is 2. The summed E-state index contributed by atoms with van der Waals surface area (Å²) >= 11 is 11.9. The zero-order valence-electron chi connectivity index (χ0n) is 11.7. The lowest BCUT2D eigenvalue weighted by Gasteiger charge is -2.24. The number of nitrogens with zero attached hydrogens (tertiary/aromatic N) is 2. The minimum Gasteiger partial charge on any atom is -0.506 e. The van der Waals surface area contributed by atoms with Crippen molar-refractivity contribution in [3.63, 3.8) is 0 Å². The van der Waals surface area contributed by atoms with Gasteiger partial charge in [0.1, 0.15) is 5.75 Å². The molecule has 21 heavy (non-hydrogen) atoms. The molecule has 1 heterocycles. The maximum absolute atomic E-state index is 10.0. The molecule has 0 bridgehead atoms. The molecule has 2 aromatic rings. The predicted octanol–water partition coefficient (Wildman–Crippen LogP) is 3.60. The minimum absolute atomic E-state index is 0.0933. The van der Waals surface area contributed by atoms with E-state index >= 15 is 0 Å². The minimum atomic E-state index is 0.0933. The number of phenols is 1. The van der Waals surface area contributed by atoms with Crippen LogP contribution in [0.1, 0.15) is 35.7 Å². The third-order valence-electron chi connectivity index (χ3n) is 4.02. The van der Waals surface area contributed by atoms with E-state index in [4.69, 9.17) is 23.2 Å². The van der Waals surface area contributed by atoms with E-state index in [1.54, 1.807) is 12.1 Å². The molecule has 2 N–H and O–H groups in total. The first-order valence-corrected chi connectivity index (χ1v) is 7.73. The van der Waals surface area contributed by atoms with Gasteiger partial charge in [-0.05, 0) is 31.4 Å². The van der Waals surface area contributed by atoms with Gasteiger partial charge in [0.15, 0.2) is 0 Å². The van der Waals surface area contributed by atoms with Crippen LogP contribution >= 0.6 is 23.2 Å². The average molecular weight is 326 g/mol. The molecule has 112 valence electrons. The van der Waals surface area contributed by atoms with Gasteiger partial charge >= 0.3 is 0 Å². The smallest absolute Gasteiger partial charge is 0.138 e. The van der Waals surface area contributed by atoms with Gasteiger partial charge < -0.3 is 10.4 Å². The van der Waals surface area contributed by atoms with E-state index < -0.39 is 0 Å². The van der Waals surface area contributed by atoms with Crippen LogP contribution in [0, 0.1) is 0 Å². The van der Waals surface area contributed by atoms with Crippen molar-refractivity contribution in [2.45, 2.75) is 31.8 Å². The van der Waals surface area contributed by atoms with Gasteiger partial charge in [0.2, 0.25) is 0 Å². The van der Waals surface area contributed by atoms with E-state index in [0.717, 1.165) is 19.3 Å². The number of halogens is 2. The third-order valence-corrected chi connectivity index (χ3v) is 4.53. The van der Waals surface area contributed by atoms with Crippen LogP contribution in [0.25, 0.3) is 0 Å². The molecular formula is C15H17Cl2N3O. The molecule has 1 aliphatic carbocycles. The second-order valence-corrected chi connectivity index (χ2v) is 6.23. The zero-order chi connectivity index (χ0) is 15.0. The Morgan fingerprint density at radius 3 is 3.05 bits per heavy atom. The molecule has 1 atom stereocenters. The standard InChI is InChI=1S/C15H17Cl2N3O/c1-20-14-4-2-3-13(11(14)8-19-20)18-7-9-5-10(16)6-12(17)15(9)21/h5-6,8,13,18,21H,2-4,7H2,1H3. The zero-order valence-corrected chi connectivity index (χ0v) is 13.2. The molecule has 1 aliphatic rings. The van der Waals surface area contributed by atoms with Crippen molar-refractivity contribution in [2.75, 3.05) is 0 Å². The fourth-order valence-corrected chi connectivity index (χ4v) is 3.44. The summed E-state index contributed by atoms with van der Waals surface area (Å²) in [5.74, 6) is 0.0933. The van der Waals surface area contributed by atoms with Gasteiger partial charge in [-0.3, -0.25) is 4.68 Å². The third kappa shape index (κ3) is 2.89. The van der Waals surface area contributed by atoms with E-state index in [9.17, 15) is 5.11 Å². The Balaban J connectivity index is 1.77. The molecular weight excluding hydrogens is 309 g/mol. The molecule has 4 nitrogen and oxygen atoms in total. The lowest BCUT2D eigenvalue weighted by atomic mass is 9.93. The molecule has 0 aliphatic heterocycles. The van der Waals surface area contributed by atoms with Crippen molar-refractivity contribution in [3.8, 4) is 5.75 Å². The summed E-state index contributed by atoms with van der Waals surface area (Å²) in [6.45, 7) is 0.519. The molecule has 1 aromatic carbocycles. The van der Waals surface area contributed by atoms with Crippen LogP contribution < -0.4 is 5.32 Å². The van der Waals surface area contributed by atoms with Crippen LogP contribution in [0.5, 0.6) is 5.75 Å². The number of hydrogen-bond acceptors (Lipinski definition) is 3. The van der Waals surface area contributed by atoms with Crippen molar-refractivity contribution in [3.05, 3.63) is 45.2 Å². The highest BCUT2D eigenvalue weighted by Crippen LogP contribution is 2.33. The molecule has 0 saturated heterocycles. The highest BCUT2D eigenvalue weighted by atomic mass is 35.5. The lowest BCUT2D eigenvalue weighted by Crippen LogP contribution is -2.25. The van der Waals surface area contributed by atoms with Gasteiger partial charge in [-0.15, -0.1) is 0 Å². The summed E-state index contributed by atoms with van der Waals surface area (Å²) < 4.78 is 1.94. The van der Waals surface area contributed by atoms with Crippen LogP contribution in [0.15, 0.2) is 18.3 Å². The first kappa shape index (κ1) is 14.7. The molecule has 0 radical (unpaired) electrons. The largest absolute Gasteiger partial charge is 0.506 e. The number of aryl methyl sites for hydroxylation is 1. The van der Waals surface area contributed by atoms with Gasteiger partial charge in [0.25, 0.3) is 0 Å². The Bertz CT molecular complexity index is 669. The maximum atomic E-state index is 10.0. The highest BCUT2D eigenvalue weighted by Gasteiger charge is 2.23. The first-order valence-electron chi connectivity index (χ1n) is 6.97. The molecule has 0 spiro atoms. The molecule has 0 fully saturated rings. The van der Waals surface area contributed by atoms with Crippen LogP contribution in [-0.2, 0) is 20.0 Å². The SMILES string of the molecule is Cn1ncc2c1CCCC2NCc1cc(Cl)cc(Cl)c1O. The van der Waals surface area contributed by atoms with Crippen LogP contribution in [0.2, 0.25) is 10.0 Å². The van der Waals surface area contributed by atoms with Crippen molar-refractivity contribution in [1.82, 2.24) is 15.1 Å². The predicted molar refractivity (Wildman–Crippen MR) is 83.9 cm³/mol. The Kier molecular flexibility index (Phi) is 4.11. The summed E-state index contributed by atoms with van der Waals surface area (Å²) in [6, 6.07) is 3.53. The molecule has 6 heteroatoms. The van der Waals surface area contributed by atoms with Gasteiger partial charge in [-0.2, -0.15) is 5.10 Å². The van der Waals surface area contributed by atoms with E-state index in [-0.39, 0.29) is 16.8 Å². The quantitative estimate of drug-likeness (QED) is 0.906. The molecule has 0 amide bonds. The van der Waals surface area contributed by atoms with Gasteiger partial charge in [-0.1, -0.05) is 23.2 Å². The number of phenolic OH excluding ortho intramolecular Hbond substituents is 1. The summed E-state index contributed by atoms with van der Waals surface area (Å²) in [6.07, 6.45) is 5.19. The highest BCUT2D eigenvalue weighted by molar-refractivity contribution is 6.35. The Morgan fingerprint density at radius 2 is 2.24 bits per heavy atom. The second kappa shape index (κ2) is 5.87. The molecule has 1 unspecified atom stereocenters. The van der Waals surface area contributed by atoms with Crippen LogP contribution in [0.3, 0.4) is 0 Å². The summed E-state index contributed by atoms with van der Waals surface area (Å²) in [5, 5.41) is 18.6. The summed E-state index contributed by atoms with van der Waals surface area (Å²) in [5.41, 5.74) is 3.24. The number of rotatable bonds is 3. The van der Waals surface area contributed by atoms with E-state index in [0.29, 0.717) is 17.1 Å². The second-order valence-electron chi connectivity index (χ2n) is 5.39. The van der Waals surface area contributed by atoms with E-state index in [2.05, 4.69) is 10.4 Å². The van der Waals surface area contributed by atoms with Gasteiger partial charge in [0.05, 0.1) is 11.2 Å². The van der Waals surface area contributed by atoms with E-state index in [1.165, 1.54) is 11.3 Å². The number of fused-ring (bicyclic) bond motifs is 1. The maximum Gasteiger partial charge on any atom is 0.138 e. The molecule has 0 saturated carbocycles. The summed E-state index contributed by atoms with van der Waals surface area (Å²) in [4.78, 5) is 0. The molecule has 1 aromatic heterocycles. The van der Waals surface area contributed by atoms with Gasteiger partial charge in [0, 0.05) is 41.5 Å². The van der Waals surface area contributed by atoms with Crippen LogP contribution in [-0.4, -0.2) is 14.9 Å². The molecule has 3 rings (SSSR count). The fraction of sp³-hybridized carbons (Fsp3) is 0.400. The number of nitrogens with one attached hydrogen (secondary N) is 1. The van der Waals surface area contributed by atoms with Crippen molar-refractivity contribution in [1.29, 1.82) is 0 Å². The lowest BCUT2D eigenvalue weighted by molar-refractivity contribution is 0.434. The number of hydrogen-bond donors (Lipinski definition) is 2. The number of aromatic hydroxyl groups is 1. The van der Waals surface area contributed by atoms with E-state index in [1.807, 2.05) is 17.9 Å². The fourth-order valence-electron chi connectivity index (χ4n) is 2.91. The summed E-state index contributed by atoms with van der Waals surface area (Å²) in [7, 11) is 1.98.